The summed E-state index contributed by atoms with van der Waals surface area (Å²) in [4.78, 5) is 25.0. The maximum atomic E-state index is 12.1. The zero-order valence-electron chi connectivity index (χ0n) is 16.4. The first-order chi connectivity index (χ1) is 14.3. The number of carbonyl (C=O) groups is 1. The third-order valence-corrected chi connectivity index (χ3v) is 5.22. The lowest BCUT2D eigenvalue weighted by molar-refractivity contribution is 0.102. The molecule has 0 atom stereocenters. The monoisotopic (exact) mass is 387 g/mol. The van der Waals surface area contributed by atoms with E-state index in [0.717, 1.165) is 44.8 Å². The van der Waals surface area contributed by atoms with E-state index in [4.69, 9.17) is 0 Å². The first-order valence-electron chi connectivity index (χ1n) is 9.96. The lowest BCUT2D eigenvalue weighted by atomic mass is 10.1. The Labute approximate surface area is 171 Å². The molecule has 29 heavy (non-hydrogen) atoms. The van der Waals surface area contributed by atoms with E-state index in [9.17, 15) is 4.79 Å². The maximum absolute atomic E-state index is 12.1. The summed E-state index contributed by atoms with van der Waals surface area (Å²) in [7, 11) is 0. The van der Waals surface area contributed by atoms with E-state index in [1.807, 2.05) is 12.1 Å². The molecular formula is C23H25N5O. The van der Waals surface area contributed by atoms with Crippen molar-refractivity contribution in [3.63, 3.8) is 0 Å². The molecule has 148 valence electrons. The van der Waals surface area contributed by atoms with E-state index in [-0.39, 0.29) is 5.91 Å². The maximum Gasteiger partial charge on any atom is 0.275 e. The number of benzene rings is 2. The zero-order chi connectivity index (χ0) is 19.9. The summed E-state index contributed by atoms with van der Waals surface area (Å²) in [5, 5.41) is 2.85. The minimum Gasteiger partial charge on any atom is -0.369 e. The van der Waals surface area contributed by atoms with Crippen molar-refractivity contribution in [2.45, 2.75) is 6.42 Å². The van der Waals surface area contributed by atoms with Crippen LogP contribution in [0.2, 0.25) is 0 Å². The van der Waals surface area contributed by atoms with Gasteiger partial charge in [0.2, 0.25) is 0 Å². The first kappa shape index (κ1) is 19.1. The molecule has 0 spiro atoms. The Kier molecular flexibility index (Phi) is 6.12. The van der Waals surface area contributed by atoms with Gasteiger partial charge in [-0.15, -0.1) is 0 Å². The number of anilines is 2. The number of carbonyl (C=O) groups excluding carboxylic acids is 1. The van der Waals surface area contributed by atoms with Crippen LogP contribution in [0.4, 0.5) is 11.4 Å². The number of rotatable bonds is 6. The van der Waals surface area contributed by atoms with Crippen LogP contribution in [0.1, 0.15) is 16.1 Å². The molecule has 2 aromatic carbocycles. The Hall–Kier alpha value is -3.25. The molecule has 2 heterocycles. The number of amides is 1. The van der Waals surface area contributed by atoms with E-state index >= 15 is 0 Å². The molecule has 0 bridgehead atoms. The highest BCUT2D eigenvalue weighted by Gasteiger charge is 2.16. The molecule has 4 rings (SSSR count). The Bertz CT molecular complexity index is 907. The average Bonchev–Trinajstić information content (AvgIpc) is 2.80. The number of aromatic nitrogens is 2. The third kappa shape index (κ3) is 5.18. The fourth-order valence-electron chi connectivity index (χ4n) is 3.52. The molecule has 1 fully saturated rings. The minimum atomic E-state index is -0.248. The first-order valence-corrected chi connectivity index (χ1v) is 9.96. The summed E-state index contributed by atoms with van der Waals surface area (Å²) in [6, 6.07) is 18.7. The van der Waals surface area contributed by atoms with E-state index in [1.165, 1.54) is 23.6 Å². The molecule has 1 saturated heterocycles. The number of para-hydroxylation sites is 1. The van der Waals surface area contributed by atoms with E-state index in [0.29, 0.717) is 5.69 Å². The number of nitrogens with one attached hydrogen (secondary N) is 1. The van der Waals surface area contributed by atoms with Crippen LogP contribution in [0, 0.1) is 0 Å². The summed E-state index contributed by atoms with van der Waals surface area (Å²) in [6.45, 7) is 5.35. The number of piperazine rings is 1. The van der Waals surface area contributed by atoms with Crippen molar-refractivity contribution in [1.82, 2.24) is 14.9 Å². The molecule has 0 unspecified atom stereocenters. The lowest BCUT2D eigenvalue weighted by Crippen LogP contribution is -2.46. The van der Waals surface area contributed by atoms with Crippen molar-refractivity contribution in [3.8, 4) is 0 Å². The van der Waals surface area contributed by atoms with Gasteiger partial charge in [0.15, 0.2) is 0 Å². The Morgan fingerprint density at radius 3 is 2.38 bits per heavy atom. The van der Waals surface area contributed by atoms with Crippen molar-refractivity contribution < 1.29 is 4.79 Å². The predicted octanol–water partition coefficient (Wildman–Crippen LogP) is 3.09. The topological polar surface area (TPSA) is 61.4 Å². The Balaban J connectivity index is 1.23. The van der Waals surface area contributed by atoms with Crippen LogP contribution in [-0.4, -0.2) is 53.5 Å². The number of nitrogens with zero attached hydrogens (tertiary/aromatic N) is 4. The molecule has 0 radical (unpaired) electrons. The summed E-state index contributed by atoms with van der Waals surface area (Å²) >= 11 is 0. The summed E-state index contributed by atoms with van der Waals surface area (Å²) in [5.74, 6) is -0.248. The normalized spacial score (nSPS) is 14.6. The molecule has 1 N–H and O–H groups in total. The number of hydrogen-bond donors (Lipinski definition) is 1. The zero-order valence-corrected chi connectivity index (χ0v) is 16.4. The van der Waals surface area contributed by atoms with Crippen LogP contribution in [0.3, 0.4) is 0 Å². The predicted molar refractivity (Wildman–Crippen MR) is 115 cm³/mol. The highest BCUT2D eigenvalue weighted by atomic mass is 16.1. The van der Waals surface area contributed by atoms with Gasteiger partial charge in [0.25, 0.3) is 5.91 Å². The Morgan fingerprint density at radius 2 is 1.69 bits per heavy atom. The van der Waals surface area contributed by atoms with Crippen LogP contribution in [0.25, 0.3) is 0 Å². The molecular weight excluding hydrogens is 362 g/mol. The van der Waals surface area contributed by atoms with Gasteiger partial charge in [-0.25, -0.2) is 4.98 Å². The van der Waals surface area contributed by atoms with Gasteiger partial charge in [0.05, 0.1) is 6.20 Å². The van der Waals surface area contributed by atoms with E-state index < -0.39 is 0 Å². The van der Waals surface area contributed by atoms with Gasteiger partial charge in [0, 0.05) is 56.5 Å². The van der Waals surface area contributed by atoms with Gasteiger partial charge < -0.3 is 10.2 Å². The van der Waals surface area contributed by atoms with Gasteiger partial charge in [-0.3, -0.25) is 14.7 Å². The van der Waals surface area contributed by atoms with Crippen molar-refractivity contribution in [3.05, 3.63) is 84.4 Å². The van der Waals surface area contributed by atoms with Crippen molar-refractivity contribution in [2.75, 3.05) is 42.9 Å². The molecule has 0 saturated carbocycles. The van der Waals surface area contributed by atoms with Gasteiger partial charge in [-0.05, 0) is 36.2 Å². The molecule has 1 aromatic heterocycles. The fourth-order valence-corrected chi connectivity index (χ4v) is 3.52. The highest BCUT2D eigenvalue weighted by Crippen LogP contribution is 2.16. The standard InChI is InChI=1S/C23H25N5O/c29-23(22-18-24-11-12-25-22)26-20-8-6-19(7-9-20)10-13-27-14-16-28(17-15-27)21-4-2-1-3-5-21/h1-9,11-12,18H,10,13-17H2,(H,26,29). The molecule has 3 aromatic rings. The van der Waals surface area contributed by atoms with Crippen LogP contribution >= 0.6 is 0 Å². The minimum absolute atomic E-state index is 0.248. The Morgan fingerprint density at radius 1 is 0.931 bits per heavy atom. The number of hydrogen-bond acceptors (Lipinski definition) is 5. The molecule has 1 aliphatic rings. The molecule has 6 nitrogen and oxygen atoms in total. The van der Waals surface area contributed by atoms with Crippen molar-refractivity contribution in [1.29, 1.82) is 0 Å². The molecule has 1 aliphatic heterocycles. The second-order valence-corrected chi connectivity index (χ2v) is 7.16. The largest absolute Gasteiger partial charge is 0.369 e. The SMILES string of the molecule is O=C(Nc1ccc(CCN2CCN(c3ccccc3)CC2)cc1)c1cnccn1. The van der Waals surface area contributed by atoms with Crippen LogP contribution in [0.15, 0.2) is 73.2 Å². The highest BCUT2D eigenvalue weighted by molar-refractivity contribution is 6.02. The van der Waals surface area contributed by atoms with Gasteiger partial charge in [-0.1, -0.05) is 30.3 Å². The smallest absolute Gasteiger partial charge is 0.275 e. The van der Waals surface area contributed by atoms with Crippen LogP contribution in [-0.2, 0) is 6.42 Å². The second-order valence-electron chi connectivity index (χ2n) is 7.16. The summed E-state index contributed by atoms with van der Waals surface area (Å²) in [6.07, 6.45) is 5.52. The molecule has 0 aliphatic carbocycles. The molecule has 6 heteroatoms. The van der Waals surface area contributed by atoms with Gasteiger partial charge >= 0.3 is 0 Å². The van der Waals surface area contributed by atoms with Crippen LogP contribution < -0.4 is 10.2 Å². The van der Waals surface area contributed by atoms with E-state index in [1.54, 1.807) is 6.20 Å². The third-order valence-electron chi connectivity index (χ3n) is 5.22. The second kappa shape index (κ2) is 9.30. The fraction of sp³-hybridized carbons (Fsp3) is 0.261. The molecule has 1 amide bonds. The average molecular weight is 387 g/mol. The van der Waals surface area contributed by atoms with E-state index in [2.05, 4.69) is 67.5 Å². The van der Waals surface area contributed by atoms with Gasteiger partial charge in [-0.2, -0.15) is 0 Å². The summed E-state index contributed by atoms with van der Waals surface area (Å²) < 4.78 is 0. The lowest BCUT2D eigenvalue weighted by Gasteiger charge is -2.36. The summed E-state index contributed by atoms with van der Waals surface area (Å²) in [5.41, 5.74) is 3.66. The quantitative estimate of drug-likeness (QED) is 0.704. The van der Waals surface area contributed by atoms with Crippen LogP contribution in [0.5, 0.6) is 0 Å². The van der Waals surface area contributed by atoms with Gasteiger partial charge in [0.1, 0.15) is 5.69 Å². The van der Waals surface area contributed by atoms with Crippen molar-refractivity contribution >= 4 is 17.3 Å². The van der Waals surface area contributed by atoms with Crippen molar-refractivity contribution in [2.24, 2.45) is 0 Å².